The zero-order valence-corrected chi connectivity index (χ0v) is 31.9. The Kier molecular flexibility index (Phi) is 12.8. The Balaban J connectivity index is 1.53. The van der Waals surface area contributed by atoms with E-state index in [0.717, 1.165) is 19.3 Å². The highest BCUT2D eigenvalue weighted by atomic mass is 16.7. The maximum Gasteiger partial charge on any atom is 0.332 e. The maximum atomic E-state index is 14.7. The van der Waals surface area contributed by atoms with E-state index in [9.17, 15) is 24.0 Å². The molecule has 1 aliphatic heterocycles. The largest absolute Gasteiger partial charge is 0.493 e. The van der Waals surface area contributed by atoms with Gasteiger partial charge in [-0.25, -0.2) is 9.59 Å². The zero-order valence-electron chi connectivity index (χ0n) is 31.9. The van der Waals surface area contributed by atoms with Gasteiger partial charge in [0.15, 0.2) is 11.5 Å². The molecule has 1 saturated heterocycles. The van der Waals surface area contributed by atoms with Gasteiger partial charge in [-0.2, -0.15) is 0 Å². The van der Waals surface area contributed by atoms with Crippen molar-refractivity contribution in [1.29, 1.82) is 0 Å². The predicted molar refractivity (Wildman–Crippen MR) is 188 cm³/mol. The van der Waals surface area contributed by atoms with Crippen molar-refractivity contribution in [2.75, 3.05) is 7.11 Å². The number of carbonyl (C=O) groups is 5. The lowest BCUT2D eigenvalue weighted by atomic mass is 9.40. The molecule has 10 heteroatoms. The summed E-state index contributed by atoms with van der Waals surface area (Å²) in [4.78, 5) is 73.5. The molecule has 8 atom stereocenters. The molecule has 3 aliphatic carbocycles. The number of allylic oxidation sites excluding steroid dienone is 4. The molecule has 1 saturated carbocycles. The van der Waals surface area contributed by atoms with Gasteiger partial charge in [0.1, 0.15) is 12.1 Å². The number of methoxy groups -OCH3 is 1. The normalized spacial score (nSPS) is 31.3. The highest BCUT2D eigenvalue weighted by molar-refractivity contribution is 6.08. The Bertz CT molecular complexity index is 1370. The van der Waals surface area contributed by atoms with Crippen LogP contribution in [0.4, 0.5) is 0 Å². The minimum Gasteiger partial charge on any atom is -0.493 e. The number of rotatable bonds is 16. The number of Topliss-reactive ketones (excluding diaryl/α,β-unsaturated/α-hetero) is 2. The first-order chi connectivity index (χ1) is 23.5. The minimum atomic E-state index is -1.25. The van der Waals surface area contributed by atoms with Crippen LogP contribution < -0.4 is 5.48 Å². The topological polar surface area (TPSA) is 134 Å². The fraction of sp³-hybridized carbons (Fsp3) is 0.775. The molecule has 10 nitrogen and oxygen atoms in total. The van der Waals surface area contributed by atoms with Gasteiger partial charge in [-0.05, 0) is 64.0 Å². The van der Waals surface area contributed by atoms with Crippen molar-refractivity contribution in [3.8, 4) is 0 Å². The monoisotopic (exact) mass is 699 g/mol. The molecule has 0 bridgehead atoms. The zero-order chi connectivity index (χ0) is 37.0. The molecule has 4 aliphatic rings. The predicted octanol–water partition coefficient (Wildman–Crippen LogP) is 7.49. The summed E-state index contributed by atoms with van der Waals surface area (Å²) in [6.07, 6.45) is 13.3. The third-order valence-electron chi connectivity index (χ3n) is 12.1. The third kappa shape index (κ3) is 7.75. The summed E-state index contributed by atoms with van der Waals surface area (Å²) in [5.74, 6) is -4.02. The Hall–Kier alpha value is -3.01. The van der Waals surface area contributed by atoms with Crippen molar-refractivity contribution < 1.29 is 43.0 Å². The van der Waals surface area contributed by atoms with E-state index in [1.54, 1.807) is 33.8 Å². The first-order valence-electron chi connectivity index (χ1n) is 19.0. The summed E-state index contributed by atoms with van der Waals surface area (Å²) in [5, 5.41) is 0. The molecule has 4 rings (SSSR count). The van der Waals surface area contributed by atoms with Gasteiger partial charge in [-0.3, -0.25) is 14.4 Å². The van der Waals surface area contributed by atoms with Crippen LogP contribution in [0.5, 0.6) is 0 Å². The Morgan fingerprint density at radius 1 is 1.00 bits per heavy atom. The van der Waals surface area contributed by atoms with Crippen LogP contribution in [0.25, 0.3) is 0 Å². The highest BCUT2D eigenvalue weighted by Gasteiger charge is 2.72. The number of unbranched alkanes of at least 4 members (excludes halogenated alkanes) is 9. The summed E-state index contributed by atoms with van der Waals surface area (Å²) in [7, 11) is 1.44. The number of ketones is 2. The molecule has 0 amide bonds. The lowest BCUT2D eigenvalue weighted by molar-refractivity contribution is -0.217. The number of hydrogen-bond donors (Lipinski definition) is 1. The number of ether oxygens (including phenoxy) is 3. The molecule has 0 spiro atoms. The van der Waals surface area contributed by atoms with Crippen LogP contribution in [0.2, 0.25) is 0 Å². The van der Waals surface area contributed by atoms with Crippen LogP contribution in [0.1, 0.15) is 139 Å². The smallest absolute Gasteiger partial charge is 0.332 e. The minimum absolute atomic E-state index is 0.0945. The number of carbonyl (C=O) groups excluding carboxylic acids is 5. The van der Waals surface area contributed by atoms with Gasteiger partial charge in [-0.1, -0.05) is 91.9 Å². The van der Waals surface area contributed by atoms with Gasteiger partial charge < -0.3 is 19.0 Å². The van der Waals surface area contributed by atoms with E-state index >= 15 is 0 Å². The highest BCUT2D eigenvalue weighted by Crippen LogP contribution is 2.67. The van der Waals surface area contributed by atoms with Crippen LogP contribution in [-0.2, 0) is 43.0 Å². The number of hydroxylamine groups is 1. The van der Waals surface area contributed by atoms with E-state index in [2.05, 4.69) is 12.4 Å². The van der Waals surface area contributed by atoms with Crippen molar-refractivity contribution in [1.82, 2.24) is 5.48 Å². The molecule has 2 fully saturated rings. The lowest BCUT2D eigenvalue weighted by Gasteiger charge is -2.64. The maximum absolute atomic E-state index is 14.7. The molecule has 1 unspecified atom stereocenters. The second-order valence-electron chi connectivity index (χ2n) is 16.7. The standard InChI is InChI=1S/C40H61NO9/c1-10-11-12-13-14-15-16-17-18-19-20-28(41-50-37(46)38(4,5)6)36(45)48-29-21-24(2)26-22-30-39(7)27(23-31(42)49-30)25(3)33(47-9)32(43)34(39)40(26,8)35(29)44/h21,24,26-28,30,34,41H,10-20,22-23H2,1-9H3/t24-,26+,27+,28?,30-,34+,39-,40+/m1/s1. The van der Waals surface area contributed by atoms with Gasteiger partial charge in [0.2, 0.25) is 11.6 Å². The van der Waals surface area contributed by atoms with Crippen molar-refractivity contribution in [2.45, 2.75) is 151 Å². The van der Waals surface area contributed by atoms with Crippen molar-refractivity contribution in [3.63, 3.8) is 0 Å². The molecule has 0 aromatic rings. The van der Waals surface area contributed by atoms with E-state index in [4.69, 9.17) is 19.0 Å². The van der Waals surface area contributed by atoms with Gasteiger partial charge in [0.25, 0.3) is 0 Å². The molecule has 0 radical (unpaired) electrons. The van der Waals surface area contributed by atoms with E-state index in [1.807, 2.05) is 20.8 Å². The fourth-order valence-corrected chi connectivity index (χ4v) is 9.24. The molecule has 1 heterocycles. The van der Waals surface area contributed by atoms with Crippen molar-refractivity contribution >= 4 is 29.5 Å². The molecule has 0 aromatic heterocycles. The van der Waals surface area contributed by atoms with Gasteiger partial charge in [0.05, 0.1) is 18.9 Å². The summed E-state index contributed by atoms with van der Waals surface area (Å²) >= 11 is 0. The van der Waals surface area contributed by atoms with Gasteiger partial charge >= 0.3 is 17.9 Å². The number of hydrogen-bond acceptors (Lipinski definition) is 10. The Morgan fingerprint density at radius 2 is 1.60 bits per heavy atom. The lowest BCUT2D eigenvalue weighted by Crippen LogP contribution is -2.69. The van der Waals surface area contributed by atoms with Crippen LogP contribution in [0, 0.1) is 39.9 Å². The SMILES string of the molecule is CCCCCCCCCCCCC(NOC(=O)C(C)(C)C)C(=O)OC1=C[C@@H](C)[C@@H]2C[C@H]3OC(=O)C[C@H]4C(C)=C(OC)C(=O)[C@H]([C@@]2(C)C1=O)[C@@]34C. The summed E-state index contributed by atoms with van der Waals surface area (Å²) in [6, 6.07) is -0.984. The fourth-order valence-electron chi connectivity index (χ4n) is 9.24. The van der Waals surface area contributed by atoms with E-state index < -0.39 is 52.0 Å². The van der Waals surface area contributed by atoms with E-state index in [1.165, 1.54) is 45.6 Å². The molecule has 50 heavy (non-hydrogen) atoms. The summed E-state index contributed by atoms with van der Waals surface area (Å²) in [5.41, 5.74) is 0.469. The second-order valence-corrected chi connectivity index (χ2v) is 16.7. The average Bonchev–Trinajstić information content (AvgIpc) is 3.04. The van der Waals surface area contributed by atoms with E-state index in [-0.39, 0.29) is 47.4 Å². The van der Waals surface area contributed by atoms with Crippen LogP contribution >= 0.6 is 0 Å². The molecular weight excluding hydrogens is 638 g/mol. The number of fused-ring (bicyclic) bond motifs is 2. The molecule has 1 N–H and O–H groups in total. The second kappa shape index (κ2) is 16.1. The van der Waals surface area contributed by atoms with Gasteiger partial charge in [-0.15, -0.1) is 5.48 Å². The van der Waals surface area contributed by atoms with Crippen molar-refractivity contribution in [3.05, 3.63) is 23.2 Å². The Labute approximate surface area is 298 Å². The first kappa shape index (κ1) is 39.8. The van der Waals surface area contributed by atoms with Gasteiger partial charge in [0, 0.05) is 22.7 Å². The molecule has 0 aromatic carbocycles. The quantitative estimate of drug-likeness (QED) is 0.0748. The van der Waals surface area contributed by atoms with Crippen LogP contribution in [0.3, 0.4) is 0 Å². The van der Waals surface area contributed by atoms with Crippen LogP contribution in [-0.4, -0.2) is 48.7 Å². The molecular formula is C40H61NO9. The summed E-state index contributed by atoms with van der Waals surface area (Å²) < 4.78 is 17.5. The number of nitrogens with one attached hydrogen (secondary N) is 1. The first-order valence-corrected chi connectivity index (χ1v) is 19.0. The van der Waals surface area contributed by atoms with Crippen LogP contribution in [0.15, 0.2) is 23.2 Å². The number of esters is 2. The average molecular weight is 700 g/mol. The van der Waals surface area contributed by atoms with Crippen molar-refractivity contribution in [2.24, 2.45) is 39.9 Å². The third-order valence-corrected chi connectivity index (χ3v) is 12.1. The van der Waals surface area contributed by atoms with E-state index in [0.29, 0.717) is 24.8 Å². The Morgan fingerprint density at radius 3 is 2.18 bits per heavy atom. The molecule has 280 valence electrons. The summed E-state index contributed by atoms with van der Waals surface area (Å²) in [6.45, 7) is 14.9.